The molecule has 0 atom stereocenters. The number of methoxy groups -OCH3 is 1. The van der Waals surface area contributed by atoms with Crippen LogP contribution in [-0.4, -0.2) is 24.0 Å². The lowest BCUT2D eigenvalue weighted by Crippen LogP contribution is -2.06. The van der Waals surface area contributed by atoms with E-state index >= 15 is 0 Å². The lowest BCUT2D eigenvalue weighted by atomic mass is 10.1. The summed E-state index contributed by atoms with van der Waals surface area (Å²) < 4.78 is 6.11. The molecule has 27 heavy (non-hydrogen) atoms. The molecule has 1 aromatic heterocycles. The Morgan fingerprint density at radius 3 is 2.44 bits per heavy atom. The van der Waals surface area contributed by atoms with E-state index in [0.29, 0.717) is 17.0 Å². The second-order valence-electron chi connectivity index (χ2n) is 5.52. The van der Waals surface area contributed by atoms with Crippen molar-refractivity contribution in [3.63, 3.8) is 0 Å². The summed E-state index contributed by atoms with van der Waals surface area (Å²) in [6.07, 6.45) is 0. The number of ether oxygens (including phenoxy) is 1. The van der Waals surface area contributed by atoms with Crippen LogP contribution in [-0.2, 0) is 0 Å². The molecule has 0 saturated carbocycles. The average Bonchev–Trinajstić information content (AvgIpc) is 2.98. The lowest BCUT2D eigenvalue weighted by Gasteiger charge is -2.10. The molecule has 3 rings (SSSR count). The Morgan fingerprint density at radius 2 is 1.81 bits per heavy atom. The van der Waals surface area contributed by atoms with E-state index in [-0.39, 0.29) is 26.9 Å². The molecule has 0 aliphatic heterocycles. The molecule has 0 aliphatic carbocycles. The number of nitrogens with one attached hydrogen (secondary N) is 1. The van der Waals surface area contributed by atoms with Crippen molar-refractivity contribution in [2.75, 3.05) is 18.2 Å². The minimum Gasteiger partial charge on any atom is -0.495 e. The number of carboxylic acid groups (broad SMARTS) is 1. The Kier molecular flexibility index (Phi) is 5.48. The minimum atomic E-state index is -1.21. The second-order valence-corrected chi connectivity index (χ2v) is 7.45. The fourth-order valence-electron chi connectivity index (χ4n) is 2.52. The number of hydrogen-bond acceptors (Lipinski definition) is 6. The number of aromatic carboxylic acids is 1. The Bertz CT molecular complexity index is 1020. The van der Waals surface area contributed by atoms with Gasteiger partial charge in [0.2, 0.25) is 5.78 Å². The molecule has 0 saturated heterocycles. The summed E-state index contributed by atoms with van der Waals surface area (Å²) in [5, 5.41) is 12.9. The van der Waals surface area contributed by atoms with Gasteiger partial charge in [-0.2, -0.15) is 0 Å². The molecule has 2 aromatic carbocycles. The maximum Gasteiger partial charge on any atom is 0.340 e. The predicted octanol–water partition coefficient (Wildman–Crippen LogP) is 4.77. The molecule has 0 bridgehead atoms. The fraction of sp³-hybridized carbons (Fsp3) is 0.0526. The number of para-hydroxylation sites is 2. The van der Waals surface area contributed by atoms with Crippen molar-refractivity contribution in [2.45, 2.75) is 0 Å². The summed E-state index contributed by atoms with van der Waals surface area (Å²) in [4.78, 5) is 24.7. The van der Waals surface area contributed by atoms with Crippen LogP contribution in [0.1, 0.15) is 25.6 Å². The van der Waals surface area contributed by atoms with Crippen LogP contribution in [0.5, 0.6) is 5.75 Å². The van der Waals surface area contributed by atoms with Crippen molar-refractivity contribution in [1.29, 1.82) is 0 Å². The van der Waals surface area contributed by atoms with Crippen molar-refractivity contribution < 1.29 is 19.4 Å². The highest BCUT2D eigenvalue weighted by Crippen LogP contribution is 2.40. The zero-order valence-electron chi connectivity index (χ0n) is 14.2. The van der Waals surface area contributed by atoms with Crippen LogP contribution in [0.4, 0.5) is 16.4 Å². The highest BCUT2D eigenvalue weighted by molar-refractivity contribution is 9.10. The first kappa shape index (κ1) is 18.9. The molecule has 0 radical (unpaired) electrons. The number of hydrogen-bond donors (Lipinski definition) is 3. The Morgan fingerprint density at radius 1 is 1.15 bits per heavy atom. The highest BCUT2D eigenvalue weighted by atomic mass is 79.9. The van der Waals surface area contributed by atoms with Crippen molar-refractivity contribution in [3.8, 4) is 5.75 Å². The van der Waals surface area contributed by atoms with Crippen LogP contribution >= 0.6 is 27.3 Å². The Hall–Kier alpha value is -2.84. The molecular formula is C19H15BrN2O4S. The molecule has 0 amide bonds. The molecule has 4 N–H and O–H groups in total. The zero-order chi connectivity index (χ0) is 19.6. The fourth-order valence-corrected chi connectivity index (χ4v) is 3.87. The number of nitrogens with two attached hydrogens (primary N) is 1. The van der Waals surface area contributed by atoms with Gasteiger partial charge in [-0.05, 0) is 36.4 Å². The van der Waals surface area contributed by atoms with E-state index in [1.54, 1.807) is 48.5 Å². The van der Waals surface area contributed by atoms with Gasteiger partial charge in [0.1, 0.15) is 21.2 Å². The van der Waals surface area contributed by atoms with Crippen molar-refractivity contribution >= 4 is 55.4 Å². The number of carbonyl (C=O) groups is 2. The SMILES string of the molecule is COc1ccccc1Nc1sc(C(=O)c2ccc(Br)cc2)c(N)c1C(=O)O. The number of nitrogen functional groups attached to an aromatic ring is 1. The zero-order valence-corrected chi connectivity index (χ0v) is 16.6. The molecule has 3 aromatic rings. The van der Waals surface area contributed by atoms with E-state index in [4.69, 9.17) is 10.5 Å². The first-order valence-corrected chi connectivity index (χ1v) is 9.39. The third kappa shape index (κ3) is 3.81. The number of benzene rings is 2. The first-order chi connectivity index (χ1) is 12.9. The number of anilines is 3. The summed E-state index contributed by atoms with van der Waals surface area (Å²) in [7, 11) is 1.52. The van der Waals surface area contributed by atoms with Crippen LogP contribution in [0.3, 0.4) is 0 Å². The standard InChI is InChI=1S/C19H15BrN2O4S/c1-26-13-5-3-2-4-12(13)22-18-14(19(24)25)15(21)17(27-18)16(23)10-6-8-11(20)9-7-10/h2-9,22H,21H2,1H3,(H,24,25). The summed E-state index contributed by atoms with van der Waals surface area (Å²) in [5.74, 6) is -1.00. The van der Waals surface area contributed by atoms with Gasteiger partial charge < -0.3 is 20.9 Å². The third-order valence-corrected chi connectivity index (χ3v) is 5.48. The predicted molar refractivity (Wildman–Crippen MR) is 110 cm³/mol. The van der Waals surface area contributed by atoms with Gasteiger partial charge in [0, 0.05) is 10.0 Å². The molecule has 0 spiro atoms. The highest BCUT2D eigenvalue weighted by Gasteiger charge is 2.26. The second kappa shape index (κ2) is 7.81. The molecule has 138 valence electrons. The molecule has 8 heteroatoms. The monoisotopic (exact) mass is 446 g/mol. The van der Waals surface area contributed by atoms with Gasteiger partial charge in [0.05, 0.1) is 18.5 Å². The molecular weight excluding hydrogens is 432 g/mol. The number of ketones is 1. The average molecular weight is 447 g/mol. The van der Waals surface area contributed by atoms with E-state index in [9.17, 15) is 14.7 Å². The largest absolute Gasteiger partial charge is 0.495 e. The molecule has 1 heterocycles. The van der Waals surface area contributed by atoms with Gasteiger partial charge in [0.25, 0.3) is 0 Å². The Balaban J connectivity index is 2.05. The smallest absolute Gasteiger partial charge is 0.340 e. The summed E-state index contributed by atoms with van der Waals surface area (Å²) >= 11 is 4.32. The number of thiophene rings is 1. The minimum absolute atomic E-state index is 0.0576. The maximum absolute atomic E-state index is 12.8. The van der Waals surface area contributed by atoms with Crippen molar-refractivity contribution in [1.82, 2.24) is 0 Å². The van der Waals surface area contributed by atoms with Gasteiger partial charge in [-0.1, -0.05) is 28.1 Å². The van der Waals surface area contributed by atoms with E-state index in [1.165, 1.54) is 7.11 Å². The molecule has 0 aliphatic rings. The van der Waals surface area contributed by atoms with E-state index in [2.05, 4.69) is 21.2 Å². The molecule has 0 unspecified atom stereocenters. The number of carbonyl (C=O) groups excluding carboxylic acids is 1. The number of rotatable bonds is 6. The van der Waals surface area contributed by atoms with Crippen LogP contribution < -0.4 is 15.8 Å². The molecule has 6 nitrogen and oxygen atoms in total. The maximum atomic E-state index is 12.8. The van der Waals surface area contributed by atoms with E-state index < -0.39 is 5.97 Å². The van der Waals surface area contributed by atoms with Crippen LogP contribution in [0, 0.1) is 0 Å². The van der Waals surface area contributed by atoms with Gasteiger partial charge >= 0.3 is 5.97 Å². The van der Waals surface area contributed by atoms with Crippen molar-refractivity contribution in [2.24, 2.45) is 0 Å². The van der Waals surface area contributed by atoms with Crippen LogP contribution in [0.2, 0.25) is 0 Å². The molecule has 0 fully saturated rings. The van der Waals surface area contributed by atoms with Crippen LogP contribution in [0.25, 0.3) is 0 Å². The topological polar surface area (TPSA) is 102 Å². The summed E-state index contributed by atoms with van der Waals surface area (Å²) in [5.41, 5.74) is 6.83. The van der Waals surface area contributed by atoms with Gasteiger partial charge in [-0.15, -0.1) is 11.3 Å². The van der Waals surface area contributed by atoms with Gasteiger partial charge in [0.15, 0.2) is 0 Å². The van der Waals surface area contributed by atoms with E-state index in [0.717, 1.165) is 15.8 Å². The number of carboxylic acids is 1. The summed E-state index contributed by atoms with van der Waals surface area (Å²) in [6, 6.07) is 13.9. The Labute approximate surface area is 167 Å². The number of halogens is 1. The normalized spacial score (nSPS) is 10.4. The van der Waals surface area contributed by atoms with Gasteiger partial charge in [-0.3, -0.25) is 4.79 Å². The van der Waals surface area contributed by atoms with Gasteiger partial charge in [-0.25, -0.2) is 4.79 Å². The lowest BCUT2D eigenvalue weighted by molar-refractivity contribution is 0.0699. The summed E-state index contributed by atoms with van der Waals surface area (Å²) in [6.45, 7) is 0. The van der Waals surface area contributed by atoms with E-state index in [1.807, 2.05) is 0 Å². The first-order valence-electron chi connectivity index (χ1n) is 7.78. The van der Waals surface area contributed by atoms with Crippen molar-refractivity contribution in [3.05, 3.63) is 69.0 Å². The quantitative estimate of drug-likeness (QED) is 0.471. The van der Waals surface area contributed by atoms with Crippen LogP contribution in [0.15, 0.2) is 53.0 Å². The third-order valence-electron chi connectivity index (χ3n) is 3.83.